The van der Waals surface area contributed by atoms with Gasteiger partial charge in [0.15, 0.2) is 0 Å². The Morgan fingerprint density at radius 1 is 1.29 bits per heavy atom. The number of fused-ring (bicyclic) bond motifs is 1. The van der Waals surface area contributed by atoms with Crippen LogP contribution < -0.4 is 5.73 Å². The lowest BCUT2D eigenvalue weighted by Gasteiger charge is -2.02. The Labute approximate surface area is 102 Å². The lowest BCUT2D eigenvalue weighted by atomic mass is 10.1. The molecule has 1 atom stereocenters. The topological polar surface area (TPSA) is 38.9 Å². The molecular formula is C15H16N2. The van der Waals surface area contributed by atoms with Gasteiger partial charge in [-0.2, -0.15) is 0 Å². The maximum absolute atomic E-state index is 5.76. The van der Waals surface area contributed by atoms with E-state index >= 15 is 0 Å². The predicted molar refractivity (Wildman–Crippen MR) is 71.5 cm³/mol. The molecule has 0 bridgehead atoms. The zero-order valence-electron chi connectivity index (χ0n) is 9.98. The van der Waals surface area contributed by atoms with Crippen molar-refractivity contribution in [3.8, 4) is 11.8 Å². The molecule has 1 unspecified atom stereocenters. The van der Waals surface area contributed by atoms with E-state index in [-0.39, 0.29) is 6.04 Å². The molecule has 2 heteroatoms. The molecule has 0 saturated carbocycles. The average Bonchev–Trinajstić information content (AvgIpc) is 2.39. The van der Waals surface area contributed by atoms with Crippen LogP contribution in [-0.2, 0) is 6.42 Å². The third-order valence-corrected chi connectivity index (χ3v) is 2.75. The molecule has 17 heavy (non-hydrogen) atoms. The number of pyridine rings is 1. The second kappa shape index (κ2) is 5.47. The molecule has 2 aromatic rings. The highest BCUT2D eigenvalue weighted by Crippen LogP contribution is 2.16. The van der Waals surface area contributed by atoms with Crippen molar-refractivity contribution >= 4 is 10.9 Å². The van der Waals surface area contributed by atoms with Gasteiger partial charge in [-0.15, -0.1) is 0 Å². The van der Waals surface area contributed by atoms with Gasteiger partial charge in [0.25, 0.3) is 0 Å². The molecule has 86 valence electrons. The fourth-order valence-electron chi connectivity index (χ4n) is 1.69. The lowest BCUT2D eigenvalue weighted by molar-refractivity contribution is 0.805. The molecule has 0 aliphatic rings. The van der Waals surface area contributed by atoms with Crippen molar-refractivity contribution in [2.45, 2.75) is 25.8 Å². The number of benzene rings is 1. The highest BCUT2D eigenvalue weighted by atomic mass is 14.6. The zero-order chi connectivity index (χ0) is 12.1. The number of hydrogen-bond acceptors (Lipinski definition) is 2. The Balaban J connectivity index is 2.26. The van der Waals surface area contributed by atoms with Gasteiger partial charge in [-0.25, -0.2) is 0 Å². The molecule has 0 radical (unpaired) electrons. The van der Waals surface area contributed by atoms with E-state index in [1.807, 2.05) is 37.4 Å². The Morgan fingerprint density at radius 3 is 2.94 bits per heavy atom. The van der Waals surface area contributed by atoms with Gasteiger partial charge in [-0.1, -0.05) is 37.0 Å². The molecule has 2 rings (SSSR count). The fourth-order valence-corrected chi connectivity index (χ4v) is 1.69. The second-order valence-corrected chi connectivity index (χ2v) is 4.00. The molecule has 1 aromatic heterocycles. The van der Waals surface area contributed by atoms with Gasteiger partial charge < -0.3 is 5.73 Å². The van der Waals surface area contributed by atoms with Crippen molar-refractivity contribution in [1.29, 1.82) is 0 Å². The monoisotopic (exact) mass is 224 g/mol. The van der Waals surface area contributed by atoms with Crippen molar-refractivity contribution in [2.75, 3.05) is 0 Å². The van der Waals surface area contributed by atoms with Gasteiger partial charge in [0, 0.05) is 18.0 Å². The Hall–Kier alpha value is -1.85. The maximum Gasteiger partial charge on any atom is 0.0705 e. The first-order valence-corrected chi connectivity index (χ1v) is 5.88. The summed E-state index contributed by atoms with van der Waals surface area (Å²) < 4.78 is 0. The highest BCUT2D eigenvalue weighted by molar-refractivity contribution is 5.82. The van der Waals surface area contributed by atoms with Gasteiger partial charge in [0.2, 0.25) is 0 Å². The summed E-state index contributed by atoms with van der Waals surface area (Å²) in [5.41, 5.74) is 8.00. The van der Waals surface area contributed by atoms with Crippen LogP contribution in [0.1, 0.15) is 18.9 Å². The highest BCUT2D eigenvalue weighted by Gasteiger charge is 1.99. The summed E-state index contributed by atoms with van der Waals surface area (Å²) in [6, 6.07) is 10.1. The maximum atomic E-state index is 5.76. The normalized spacial score (nSPS) is 11.9. The minimum absolute atomic E-state index is 0.0110. The third-order valence-electron chi connectivity index (χ3n) is 2.75. The number of para-hydroxylation sites is 1. The van der Waals surface area contributed by atoms with E-state index in [1.54, 1.807) is 0 Å². The van der Waals surface area contributed by atoms with E-state index in [4.69, 9.17) is 5.73 Å². The Bertz CT molecular complexity index is 558. The van der Waals surface area contributed by atoms with Crippen LogP contribution in [0, 0.1) is 11.8 Å². The molecule has 2 N–H and O–H groups in total. The van der Waals surface area contributed by atoms with Gasteiger partial charge in [0.05, 0.1) is 11.6 Å². The van der Waals surface area contributed by atoms with Gasteiger partial charge in [-0.3, -0.25) is 4.98 Å². The van der Waals surface area contributed by atoms with Crippen molar-refractivity contribution in [3.63, 3.8) is 0 Å². The van der Waals surface area contributed by atoms with Crippen molar-refractivity contribution in [2.24, 2.45) is 5.73 Å². The summed E-state index contributed by atoms with van der Waals surface area (Å²) in [6.45, 7) is 2.04. The largest absolute Gasteiger partial charge is 0.318 e. The number of nitrogens with two attached hydrogens (primary N) is 1. The van der Waals surface area contributed by atoms with Crippen LogP contribution in [0.4, 0.5) is 0 Å². The van der Waals surface area contributed by atoms with Crippen LogP contribution >= 0.6 is 0 Å². The van der Waals surface area contributed by atoms with Crippen LogP contribution in [0.3, 0.4) is 0 Å². The molecule has 1 heterocycles. The smallest absolute Gasteiger partial charge is 0.0705 e. The Kier molecular flexibility index (Phi) is 3.74. The van der Waals surface area contributed by atoms with Crippen LogP contribution in [0.2, 0.25) is 0 Å². The summed E-state index contributed by atoms with van der Waals surface area (Å²) in [5, 5.41) is 1.18. The lowest BCUT2D eigenvalue weighted by Crippen LogP contribution is -2.15. The number of aromatic nitrogens is 1. The minimum atomic E-state index is -0.0110. The van der Waals surface area contributed by atoms with Crippen molar-refractivity contribution in [1.82, 2.24) is 4.98 Å². The van der Waals surface area contributed by atoms with Gasteiger partial charge >= 0.3 is 0 Å². The second-order valence-electron chi connectivity index (χ2n) is 4.00. The van der Waals surface area contributed by atoms with Crippen LogP contribution in [0.5, 0.6) is 0 Å². The number of rotatable bonds is 2. The van der Waals surface area contributed by atoms with Crippen LogP contribution in [0.25, 0.3) is 10.9 Å². The van der Waals surface area contributed by atoms with Crippen LogP contribution in [0.15, 0.2) is 36.5 Å². The predicted octanol–water partition coefficient (Wildman–Crippen LogP) is 2.52. The van der Waals surface area contributed by atoms with E-state index in [1.165, 1.54) is 10.9 Å². The first kappa shape index (κ1) is 11.6. The quantitative estimate of drug-likeness (QED) is 0.796. The molecule has 2 nitrogen and oxygen atoms in total. The first-order chi connectivity index (χ1) is 8.31. The molecule has 1 aromatic carbocycles. The van der Waals surface area contributed by atoms with Crippen molar-refractivity contribution in [3.05, 3.63) is 42.1 Å². The first-order valence-electron chi connectivity index (χ1n) is 5.88. The SMILES string of the molecule is CCC(N)C#CCc1ccnc2ccccc12. The molecule has 0 spiro atoms. The van der Waals surface area contributed by atoms with Gasteiger partial charge in [0.1, 0.15) is 0 Å². The van der Waals surface area contributed by atoms with Gasteiger partial charge in [-0.05, 0) is 24.1 Å². The molecule has 0 saturated heterocycles. The van der Waals surface area contributed by atoms with Crippen LogP contribution in [-0.4, -0.2) is 11.0 Å². The molecular weight excluding hydrogens is 208 g/mol. The zero-order valence-corrected chi connectivity index (χ0v) is 9.98. The number of hydrogen-bond donors (Lipinski definition) is 1. The minimum Gasteiger partial charge on any atom is -0.318 e. The van der Waals surface area contributed by atoms with E-state index in [2.05, 4.69) is 22.9 Å². The summed E-state index contributed by atoms with van der Waals surface area (Å²) in [7, 11) is 0. The molecule has 0 aliphatic carbocycles. The van der Waals surface area contributed by atoms with E-state index in [9.17, 15) is 0 Å². The summed E-state index contributed by atoms with van der Waals surface area (Å²) in [5.74, 6) is 6.19. The molecule has 0 fully saturated rings. The fraction of sp³-hybridized carbons (Fsp3) is 0.267. The van der Waals surface area contributed by atoms with E-state index < -0.39 is 0 Å². The Morgan fingerprint density at radius 2 is 2.12 bits per heavy atom. The summed E-state index contributed by atoms with van der Waals surface area (Å²) >= 11 is 0. The summed E-state index contributed by atoms with van der Waals surface area (Å²) in [6.07, 6.45) is 3.46. The standard InChI is InChI=1S/C15H16N2/c1-2-13(16)7-5-6-12-10-11-17-15-9-4-3-8-14(12)15/h3-4,8-11,13H,2,6,16H2,1H3. The molecule has 0 aliphatic heterocycles. The third kappa shape index (κ3) is 2.83. The summed E-state index contributed by atoms with van der Waals surface area (Å²) in [4.78, 5) is 4.33. The number of nitrogens with zero attached hydrogens (tertiary/aromatic N) is 1. The average molecular weight is 224 g/mol. The van der Waals surface area contributed by atoms with E-state index in [0.717, 1.165) is 18.4 Å². The van der Waals surface area contributed by atoms with E-state index in [0.29, 0.717) is 0 Å². The van der Waals surface area contributed by atoms with Crippen molar-refractivity contribution < 1.29 is 0 Å². The molecule has 0 amide bonds.